The molecule has 0 spiro atoms. The van der Waals surface area contributed by atoms with Crippen LogP contribution in [0.25, 0.3) is 0 Å². The van der Waals surface area contributed by atoms with E-state index in [9.17, 15) is 4.79 Å². The molecule has 5 heteroatoms. The first-order valence-electron chi connectivity index (χ1n) is 7.85. The van der Waals surface area contributed by atoms with E-state index in [0.717, 1.165) is 42.8 Å². The number of aromatic nitrogens is 1. The van der Waals surface area contributed by atoms with Crippen molar-refractivity contribution in [3.63, 3.8) is 0 Å². The predicted octanol–water partition coefficient (Wildman–Crippen LogP) is 1.71. The lowest BCUT2D eigenvalue weighted by atomic mass is 9.98. The molecule has 1 aromatic heterocycles. The number of rotatable bonds is 5. The molecule has 0 radical (unpaired) electrons. The Balaban J connectivity index is 1.59. The highest BCUT2D eigenvalue weighted by Crippen LogP contribution is 2.17. The van der Waals surface area contributed by atoms with Crippen LogP contribution in [-0.4, -0.2) is 31.1 Å². The average molecular weight is 311 g/mol. The molecule has 0 fully saturated rings. The summed E-state index contributed by atoms with van der Waals surface area (Å²) in [5.41, 5.74) is 4.13. The van der Waals surface area contributed by atoms with Crippen LogP contribution in [0.5, 0.6) is 5.75 Å². The van der Waals surface area contributed by atoms with E-state index in [0.29, 0.717) is 12.1 Å². The van der Waals surface area contributed by atoms with Crippen molar-refractivity contribution in [2.45, 2.75) is 19.4 Å². The molecule has 0 saturated carbocycles. The van der Waals surface area contributed by atoms with E-state index >= 15 is 0 Å². The number of hydrogen-bond acceptors (Lipinski definition) is 4. The second-order valence-electron chi connectivity index (χ2n) is 5.61. The van der Waals surface area contributed by atoms with Gasteiger partial charge in [0, 0.05) is 25.5 Å². The normalized spacial score (nSPS) is 13.3. The summed E-state index contributed by atoms with van der Waals surface area (Å²) in [5.74, 6) is 0.804. The minimum absolute atomic E-state index is 0.0373. The van der Waals surface area contributed by atoms with Crippen molar-refractivity contribution in [3.8, 4) is 5.75 Å². The highest BCUT2D eigenvalue weighted by molar-refractivity contribution is 5.95. The summed E-state index contributed by atoms with van der Waals surface area (Å²) in [7, 11) is 1.65. The lowest BCUT2D eigenvalue weighted by molar-refractivity contribution is 0.0952. The zero-order valence-corrected chi connectivity index (χ0v) is 13.3. The van der Waals surface area contributed by atoms with Gasteiger partial charge < -0.3 is 15.4 Å². The van der Waals surface area contributed by atoms with E-state index < -0.39 is 0 Å². The molecule has 2 heterocycles. The molecule has 5 nitrogen and oxygen atoms in total. The first-order chi connectivity index (χ1) is 11.3. The molecule has 0 atom stereocenters. The maximum absolute atomic E-state index is 12.4. The van der Waals surface area contributed by atoms with Crippen molar-refractivity contribution in [2.75, 3.05) is 20.2 Å². The Morgan fingerprint density at radius 1 is 1.30 bits per heavy atom. The van der Waals surface area contributed by atoms with Crippen LogP contribution in [0.3, 0.4) is 0 Å². The Morgan fingerprint density at radius 2 is 2.13 bits per heavy atom. The van der Waals surface area contributed by atoms with Gasteiger partial charge >= 0.3 is 0 Å². The number of pyridine rings is 1. The number of nitrogens with one attached hydrogen (secondary N) is 2. The third-order valence-electron chi connectivity index (χ3n) is 4.12. The molecule has 0 saturated heterocycles. The number of carbonyl (C=O) groups is 1. The van der Waals surface area contributed by atoms with Crippen LogP contribution in [-0.2, 0) is 19.4 Å². The molecule has 2 N–H and O–H groups in total. The molecule has 0 aliphatic carbocycles. The monoisotopic (exact) mass is 311 g/mol. The molecular formula is C18H21N3O2. The lowest BCUT2D eigenvalue weighted by Crippen LogP contribution is -2.30. The van der Waals surface area contributed by atoms with E-state index in [1.165, 1.54) is 5.56 Å². The molecule has 1 amide bonds. The van der Waals surface area contributed by atoms with Crippen molar-refractivity contribution < 1.29 is 9.53 Å². The highest BCUT2D eigenvalue weighted by Gasteiger charge is 2.17. The Bertz CT molecular complexity index is 683. The van der Waals surface area contributed by atoms with Crippen LogP contribution in [0.1, 0.15) is 27.0 Å². The smallest absolute Gasteiger partial charge is 0.253 e. The average Bonchev–Trinajstić information content (AvgIpc) is 2.61. The lowest BCUT2D eigenvalue weighted by Gasteiger charge is -2.19. The summed E-state index contributed by atoms with van der Waals surface area (Å²) in [4.78, 5) is 16.6. The minimum atomic E-state index is -0.0373. The molecule has 120 valence electrons. The van der Waals surface area contributed by atoms with Crippen molar-refractivity contribution in [1.82, 2.24) is 15.6 Å². The first kappa shape index (κ1) is 15.5. The summed E-state index contributed by atoms with van der Waals surface area (Å²) < 4.78 is 5.14. The number of nitrogens with zero attached hydrogens (tertiary/aromatic N) is 1. The zero-order valence-electron chi connectivity index (χ0n) is 13.3. The van der Waals surface area contributed by atoms with Crippen molar-refractivity contribution in [2.24, 2.45) is 0 Å². The summed E-state index contributed by atoms with van der Waals surface area (Å²) >= 11 is 0. The molecule has 1 aliphatic rings. The number of hydrogen-bond donors (Lipinski definition) is 2. The second-order valence-corrected chi connectivity index (χ2v) is 5.61. The SMILES string of the molecule is COc1ccc(CCNC(=O)c2cncc3c2CCNC3)cc1. The van der Waals surface area contributed by atoms with E-state index in [4.69, 9.17) is 4.74 Å². The Hall–Kier alpha value is -2.40. The number of amides is 1. The van der Waals surface area contributed by atoms with Crippen molar-refractivity contribution in [3.05, 3.63) is 58.9 Å². The van der Waals surface area contributed by atoms with Gasteiger partial charge in [-0.25, -0.2) is 0 Å². The highest BCUT2D eigenvalue weighted by atomic mass is 16.5. The third-order valence-corrected chi connectivity index (χ3v) is 4.12. The molecular weight excluding hydrogens is 290 g/mol. The van der Waals surface area contributed by atoms with E-state index in [1.807, 2.05) is 30.5 Å². The van der Waals surface area contributed by atoms with Crippen LogP contribution in [0.15, 0.2) is 36.7 Å². The number of benzene rings is 1. The van der Waals surface area contributed by atoms with Crippen LogP contribution >= 0.6 is 0 Å². The first-order valence-corrected chi connectivity index (χ1v) is 7.85. The van der Waals surface area contributed by atoms with Crippen LogP contribution < -0.4 is 15.4 Å². The molecule has 2 aromatic rings. The molecule has 3 rings (SSSR count). The Morgan fingerprint density at radius 3 is 2.91 bits per heavy atom. The number of ether oxygens (including phenoxy) is 1. The molecule has 1 aromatic carbocycles. The fourth-order valence-electron chi connectivity index (χ4n) is 2.82. The maximum atomic E-state index is 12.4. The van der Waals surface area contributed by atoms with Gasteiger partial charge in [-0.15, -0.1) is 0 Å². The number of carbonyl (C=O) groups excluding carboxylic acids is 1. The van der Waals surface area contributed by atoms with E-state index in [-0.39, 0.29) is 5.91 Å². The van der Waals surface area contributed by atoms with Gasteiger partial charge in [-0.2, -0.15) is 0 Å². The van der Waals surface area contributed by atoms with Crippen LogP contribution in [0.4, 0.5) is 0 Å². The molecule has 23 heavy (non-hydrogen) atoms. The number of methoxy groups -OCH3 is 1. The fraction of sp³-hybridized carbons (Fsp3) is 0.333. The summed E-state index contributed by atoms with van der Waals surface area (Å²) in [6, 6.07) is 7.90. The fourth-order valence-corrected chi connectivity index (χ4v) is 2.82. The van der Waals surface area contributed by atoms with Gasteiger partial charge in [0.2, 0.25) is 0 Å². The van der Waals surface area contributed by atoms with Gasteiger partial charge in [0.15, 0.2) is 0 Å². The van der Waals surface area contributed by atoms with Gasteiger partial charge in [0.25, 0.3) is 5.91 Å². The summed E-state index contributed by atoms with van der Waals surface area (Å²) in [5, 5.41) is 6.29. The van der Waals surface area contributed by atoms with Gasteiger partial charge in [-0.3, -0.25) is 9.78 Å². The van der Waals surface area contributed by atoms with Crippen molar-refractivity contribution in [1.29, 1.82) is 0 Å². The van der Waals surface area contributed by atoms with Gasteiger partial charge in [-0.05, 0) is 48.2 Å². The minimum Gasteiger partial charge on any atom is -0.497 e. The van der Waals surface area contributed by atoms with E-state index in [2.05, 4.69) is 15.6 Å². The topological polar surface area (TPSA) is 63.2 Å². The van der Waals surface area contributed by atoms with Crippen LogP contribution in [0, 0.1) is 0 Å². The van der Waals surface area contributed by atoms with Gasteiger partial charge in [-0.1, -0.05) is 12.1 Å². The van der Waals surface area contributed by atoms with Gasteiger partial charge in [0.05, 0.1) is 12.7 Å². The van der Waals surface area contributed by atoms with Gasteiger partial charge in [0.1, 0.15) is 5.75 Å². The maximum Gasteiger partial charge on any atom is 0.253 e. The quantitative estimate of drug-likeness (QED) is 0.882. The van der Waals surface area contributed by atoms with Crippen LogP contribution in [0.2, 0.25) is 0 Å². The third kappa shape index (κ3) is 3.68. The Kier molecular flexibility index (Phi) is 4.88. The summed E-state index contributed by atoms with van der Waals surface area (Å²) in [6.07, 6.45) is 5.18. The van der Waals surface area contributed by atoms with E-state index in [1.54, 1.807) is 13.3 Å². The standard InChI is InChI=1S/C18H21N3O2/c1-23-15-4-2-13(3-5-15)6-9-21-18(22)17-12-20-11-14-10-19-8-7-16(14)17/h2-5,11-12,19H,6-10H2,1H3,(H,21,22). The van der Waals surface area contributed by atoms with Crippen molar-refractivity contribution >= 4 is 5.91 Å². The largest absolute Gasteiger partial charge is 0.497 e. The molecule has 0 unspecified atom stereocenters. The number of fused-ring (bicyclic) bond motifs is 1. The predicted molar refractivity (Wildman–Crippen MR) is 88.7 cm³/mol. The summed E-state index contributed by atoms with van der Waals surface area (Å²) in [6.45, 7) is 2.30. The Labute approximate surface area is 136 Å². The molecule has 1 aliphatic heterocycles. The zero-order chi connectivity index (χ0) is 16.1. The molecule has 0 bridgehead atoms. The second kappa shape index (κ2) is 7.24.